The van der Waals surface area contributed by atoms with Crippen LogP contribution in [0.1, 0.15) is 36.9 Å². The molecule has 0 unspecified atom stereocenters. The lowest BCUT2D eigenvalue weighted by Gasteiger charge is -2.34. The molecule has 8 nitrogen and oxygen atoms in total. The number of hydrogen-bond donors (Lipinski definition) is 2. The van der Waals surface area contributed by atoms with Crippen molar-refractivity contribution < 1.29 is 9.18 Å². The normalized spacial score (nSPS) is 15.4. The summed E-state index contributed by atoms with van der Waals surface area (Å²) in [5.74, 6) is 1.24. The number of aromatic nitrogens is 4. The van der Waals surface area contributed by atoms with E-state index < -0.39 is 0 Å². The number of nitrogens with zero attached hydrogens (tertiary/aromatic N) is 5. The van der Waals surface area contributed by atoms with Crippen LogP contribution in [0.5, 0.6) is 0 Å². The minimum absolute atomic E-state index is 0.00616. The van der Waals surface area contributed by atoms with E-state index in [1.54, 1.807) is 26.2 Å². The summed E-state index contributed by atoms with van der Waals surface area (Å²) in [6.45, 7) is 5.20. The zero-order valence-electron chi connectivity index (χ0n) is 20.0. The molecule has 1 fully saturated rings. The van der Waals surface area contributed by atoms with Gasteiger partial charge in [-0.1, -0.05) is 0 Å². The zero-order chi connectivity index (χ0) is 24.5. The van der Waals surface area contributed by atoms with Gasteiger partial charge >= 0.3 is 0 Å². The van der Waals surface area contributed by atoms with Crippen molar-refractivity contribution in [3.05, 3.63) is 59.8 Å². The van der Waals surface area contributed by atoms with Crippen molar-refractivity contribution in [2.75, 3.05) is 30.4 Å². The Morgan fingerprint density at radius 2 is 1.94 bits per heavy atom. The second-order valence-corrected chi connectivity index (χ2v) is 8.98. The molecule has 1 amide bonds. The number of benzene rings is 1. The number of rotatable bonds is 5. The van der Waals surface area contributed by atoms with Gasteiger partial charge in [-0.2, -0.15) is 0 Å². The molecule has 0 bridgehead atoms. The third-order valence-electron chi connectivity index (χ3n) is 6.81. The van der Waals surface area contributed by atoms with Crippen LogP contribution < -0.4 is 15.5 Å². The third-order valence-corrected chi connectivity index (χ3v) is 6.81. The van der Waals surface area contributed by atoms with Crippen molar-refractivity contribution >= 4 is 39.5 Å². The first kappa shape index (κ1) is 22.9. The van der Waals surface area contributed by atoms with E-state index in [1.807, 2.05) is 12.1 Å². The number of carbonyl (C=O) groups excluding carboxylic acids is 1. The topological polar surface area (TPSA) is 95.9 Å². The van der Waals surface area contributed by atoms with E-state index in [0.717, 1.165) is 35.1 Å². The highest BCUT2D eigenvalue weighted by molar-refractivity contribution is 5.87. The number of nitrogens with one attached hydrogen (secondary N) is 2. The molecule has 0 saturated carbocycles. The second-order valence-electron chi connectivity index (χ2n) is 8.98. The minimum atomic E-state index is -0.272. The largest absolute Gasteiger partial charge is 0.361 e. The second kappa shape index (κ2) is 9.40. The molecule has 2 N–H and O–H groups in total. The number of amides is 1. The Balaban J connectivity index is 1.54. The van der Waals surface area contributed by atoms with Crippen LogP contribution in [0.15, 0.2) is 42.9 Å². The van der Waals surface area contributed by atoms with E-state index >= 15 is 0 Å². The van der Waals surface area contributed by atoms with Gasteiger partial charge < -0.3 is 15.5 Å². The Kier molecular flexibility index (Phi) is 6.15. The Bertz CT molecular complexity index is 1400. The molecule has 4 aromatic rings. The molecule has 180 valence electrons. The maximum absolute atomic E-state index is 14.4. The first-order valence-electron chi connectivity index (χ1n) is 11.8. The number of carbonyl (C=O) groups is 1. The molecule has 0 spiro atoms. The molecule has 1 aliphatic heterocycles. The van der Waals surface area contributed by atoms with Gasteiger partial charge in [0.15, 0.2) is 5.82 Å². The van der Waals surface area contributed by atoms with Gasteiger partial charge in [-0.25, -0.2) is 19.3 Å². The molecule has 1 aliphatic rings. The third kappa shape index (κ3) is 4.34. The summed E-state index contributed by atoms with van der Waals surface area (Å²) in [7, 11) is 1.67. The highest BCUT2D eigenvalue weighted by Crippen LogP contribution is 2.34. The number of halogens is 1. The Morgan fingerprint density at radius 1 is 1.14 bits per heavy atom. The summed E-state index contributed by atoms with van der Waals surface area (Å²) in [6.07, 6.45) is 4.72. The van der Waals surface area contributed by atoms with Crippen LogP contribution in [0.2, 0.25) is 0 Å². The Hall–Kier alpha value is -3.88. The quantitative estimate of drug-likeness (QED) is 0.449. The summed E-state index contributed by atoms with van der Waals surface area (Å²) < 4.78 is 14.4. The predicted octanol–water partition coefficient (Wildman–Crippen LogP) is 4.16. The van der Waals surface area contributed by atoms with Gasteiger partial charge in [0.25, 0.3) is 0 Å². The Morgan fingerprint density at radius 3 is 2.71 bits per heavy atom. The fourth-order valence-corrected chi connectivity index (χ4v) is 4.78. The smallest absolute Gasteiger partial charge is 0.222 e. The van der Waals surface area contributed by atoms with Gasteiger partial charge in [-0.15, -0.1) is 0 Å². The van der Waals surface area contributed by atoms with Crippen LogP contribution >= 0.6 is 0 Å². The standard InChI is InChI=1S/C26H28FN7O/c1-15-20(27)7-6-18-13-19(16(2)32-24-23-21(30-14-31-24)5-4-10-29-23)25(33-22(15)18)34-11-8-17(9-12-34)26(35)28-3/h4-7,10,13-14,16-17H,8-9,11-12H2,1-3H3,(H,28,35)(H,30,31,32)/t16-/m0/s1. The van der Waals surface area contributed by atoms with Gasteiger partial charge in [0.05, 0.1) is 17.1 Å². The van der Waals surface area contributed by atoms with Gasteiger partial charge in [0.2, 0.25) is 5.91 Å². The van der Waals surface area contributed by atoms with Crippen LogP contribution in [-0.2, 0) is 4.79 Å². The SMILES string of the molecule is CNC(=O)C1CCN(c2nc3c(C)c(F)ccc3cc2[C@H](C)Nc2ncnc3cccnc23)CC1. The number of aryl methyl sites for hydroxylation is 1. The van der Waals surface area contributed by atoms with Crippen LogP contribution in [-0.4, -0.2) is 46.0 Å². The van der Waals surface area contributed by atoms with Gasteiger partial charge in [-0.05, 0) is 57.0 Å². The summed E-state index contributed by atoms with van der Waals surface area (Å²) >= 11 is 0. The number of anilines is 2. The van der Waals surface area contributed by atoms with E-state index in [2.05, 4.69) is 43.5 Å². The molecular weight excluding hydrogens is 445 g/mol. The van der Waals surface area contributed by atoms with Crippen molar-refractivity contribution in [2.24, 2.45) is 5.92 Å². The lowest BCUT2D eigenvalue weighted by atomic mass is 9.95. The van der Waals surface area contributed by atoms with Gasteiger partial charge in [-0.3, -0.25) is 9.78 Å². The van der Waals surface area contributed by atoms with E-state index in [9.17, 15) is 9.18 Å². The minimum Gasteiger partial charge on any atom is -0.361 e. The maximum atomic E-state index is 14.4. The molecule has 4 heterocycles. The molecule has 1 aromatic carbocycles. The van der Waals surface area contributed by atoms with Crippen molar-refractivity contribution in [3.63, 3.8) is 0 Å². The van der Waals surface area contributed by atoms with Crippen LogP contribution in [0.4, 0.5) is 16.0 Å². The van der Waals surface area contributed by atoms with Crippen molar-refractivity contribution in [1.29, 1.82) is 0 Å². The van der Waals surface area contributed by atoms with Crippen LogP contribution in [0.25, 0.3) is 21.9 Å². The molecule has 35 heavy (non-hydrogen) atoms. The molecule has 9 heteroatoms. The van der Waals surface area contributed by atoms with E-state index in [4.69, 9.17) is 4.98 Å². The molecular formula is C26H28FN7O. The summed E-state index contributed by atoms with van der Waals surface area (Å²) in [5, 5.41) is 7.12. The number of piperidine rings is 1. The predicted molar refractivity (Wildman–Crippen MR) is 135 cm³/mol. The first-order chi connectivity index (χ1) is 17.0. The van der Waals surface area contributed by atoms with E-state index in [-0.39, 0.29) is 23.7 Å². The zero-order valence-corrected chi connectivity index (χ0v) is 20.0. The van der Waals surface area contributed by atoms with Crippen LogP contribution in [0, 0.1) is 18.7 Å². The molecule has 3 aromatic heterocycles. The van der Waals surface area contributed by atoms with Gasteiger partial charge in [0.1, 0.15) is 23.5 Å². The summed E-state index contributed by atoms with van der Waals surface area (Å²) in [4.78, 5) is 32.5. The molecule has 5 rings (SSSR count). The number of hydrogen-bond acceptors (Lipinski definition) is 7. The molecule has 0 aliphatic carbocycles. The fraction of sp³-hybridized carbons (Fsp3) is 0.346. The lowest BCUT2D eigenvalue weighted by Crippen LogP contribution is -2.40. The molecule has 1 atom stereocenters. The molecule has 1 saturated heterocycles. The van der Waals surface area contributed by atoms with E-state index in [1.165, 1.54) is 12.4 Å². The lowest BCUT2D eigenvalue weighted by molar-refractivity contribution is -0.125. The van der Waals surface area contributed by atoms with Gasteiger partial charge in [0, 0.05) is 48.8 Å². The highest BCUT2D eigenvalue weighted by Gasteiger charge is 2.28. The first-order valence-corrected chi connectivity index (χ1v) is 11.8. The number of fused-ring (bicyclic) bond motifs is 2. The van der Waals surface area contributed by atoms with E-state index in [0.29, 0.717) is 35.5 Å². The average molecular weight is 474 g/mol. The van der Waals surface area contributed by atoms with Crippen molar-refractivity contribution in [3.8, 4) is 0 Å². The Labute approximate surface area is 203 Å². The maximum Gasteiger partial charge on any atom is 0.222 e. The summed E-state index contributed by atoms with van der Waals surface area (Å²) in [6, 6.07) is 8.91. The highest BCUT2D eigenvalue weighted by atomic mass is 19.1. The van der Waals surface area contributed by atoms with Crippen LogP contribution in [0.3, 0.4) is 0 Å². The van der Waals surface area contributed by atoms with Crippen molar-refractivity contribution in [2.45, 2.75) is 32.7 Å². The monoisotopic (exact) mass is 473 g/mol. The number of pyridine rings is 2. The van der Waals surface area contributed by atoms with Crippen molar-refractivity contribution in [1.82, 2.24) is 25.3 Å². The molecule has 0 radical (unpaired) electrons. The average Bonchev–Trinajstić information content (AvgIpc) is 2.90. The summed E-state index contributed by atoms with van der Waals surface area (Å²) in [5.41, 5.74) is 3.61. The fourth-order valence-electron chi connectivity index (χ4n) is 4.78.